The van der Waals surface area contributed by atoms with Gasteiger partial charge in [0.2, 0.25) is 0 Å². The number of hydrogen-bond acceptors (Lipinski definition) is 5. The molecule has 2 N–H and O–H groups in total. The van der Waals surface area contributed by atoms with Gasteiger partial charge in [-0.3, -0.25) is 0 Å². The van der Waals surface area contributed by atoms with Crippen molar-refractivity contribution in [2.45, 2.75) is 63.4 Å². The Morgan fingerprint density at radius 1 is 1.17 bits per heavy atom. The number of aliphatic carboxylic acids is 1. The summed E-state index contributed by atoms with van der Waals surface area (Å²) in [4.78, 5) is 11.1. The van der Waals surface area contributed by atoms with Crippen molar-refractivity contribution in [2.75, 3.05) is 5.75 Å². The van der Waals surface area contributed by atoms with E-state index in [1.54, 1.807) is 0 Å². The van der Waals surface area contributed by atoms with E-state index in [2.05, 4.69) is 24.3 Å². The van der Waals surface area contributed by atoms with Crippen LogP contribution >= 0.6 is 11.8 Å². The molecule has 0 spiro atoms. The van der Waals surface area contributed by atoms with Crippen molar-refractivity contribution < 1.29 is 20.1 Å². The maximum atomic E-state index is 11.1. The first-order chi connectivity index (χ1) is 14.4. The molecule has 0 heterocycles. The van der Waals surface area contributed by atoms with E-state index in [-0.39, 0.29) is 29.8 Å². The molecule has 0 bridgehead atoms. The van der Waals surface area contributed by atoms with Crippen molar-refractivity contribution in [3.05, 3.63) is 70.8 Å². The second-order valence-corrected chi connectivity index (χ2v) is 9.80. The molecule has 2 atom stereocenters. The van der Waals surface area contributed by atoms with Gasteiger partial charge in [0.15, 0.2) is 0 Å². The number of thioether (sulfide) groups is 1. The molecule has 1 fully saturated rings. The average Bonchev–Trinajstić information content (AvgIpc) is 3.47. The number of benzene rings is 2. The summed E-state index contributed by atoms with van der Waals surface area (Å²) in [7, 11) is 0. The topological polar surface area (TPSA) is 80.6 Å². The van der Waals surface area contributed by atoms with Gasteiger partial charge in [-0.2, -0.15) is 11.8 Å². The minimum absolute atomic E-state index is 0.0110. The van der Waals surface area contributed by atoms with Crippen LogP contribution in [0.2, 0.25) is 0 Å². The summed E-state index contributed by atoms with van der Waals surface area (Å²) < 4.78 is 0. The molecule has 1 aliphatic carbocycles. The quantitative estimate of drug-likeness (QED) is 0.542. The highest BCUT2D eigenvalue weighted by molar-refractivity contribution is 7.99. The van der Waals surface area contributed by atoms with Gasteiger partial charge in [-0.05, 0) is 78.9 Å². The zero-order valence-corrected chi connectivity index (χ0v) is 18.4. The first-order valence-electron chi connectivity index (χ1n) is 10.7. The molecule has 3 rings (SSSR count). The molecule has 0 amide bonds. The fourth-order valence-corrected chi connectivity index (χ4v) is 5.54. The minimum atomic E-state index is -0.959. The van der Waals surface area contributed by atoms with E-state index in [9.17, 15) is 20.1 Å². The van der Waals surface area contributed by atoms with E-state index in [1.165, 1.54) is 16.7 Å². The maximum Gasteiger partial charge on any atom is 0.0681 e. The SMILES string of the molecule is CC(O)Cc1ccccc1CCC(SCC1(CC(=O)[O-])CC1)c1cccc(CO)c1. The largest absolute Gasteiger partial charge is 0.550 e. The first kappa shape index (κ1) is 22.9. The molecule has 0 radical (unpaired) electrons. The second kappa shape index (κ2) is 10.5. The van der Waals surface area contributed by atoms with Crippen molar-refractivity contribution in [3.63, 3.8) is 0 Å². The molecule has 2 aromatic rings. The standard InChI is InChI=1S/C25H32O4S/c1-18(27)13-21-7-3-2-6-20(21)9-10-23(22-8-4-5-19(14-22)16-26)30-17-25(11-12-25)15-24(28)29/h2-8,14,18,23,26-27H,9-13,15-17H2,1H3,(H,28,29)/p-1. The lowest BCUT2D eigenvalue weighted by Crippen LogP contribution is -2.26. The van der Waals surface area contributed by atoms with Crippen molar-refractivity contribution in [1.29, 1.82) is 0 Å². The third-order valence-electron chi connectivity index (χ3n) is 5.88. The molecule has 0 saturated heterocycles. The van der Waals surface area contributed by atoms with Crippen LogP contribution in [0.1, 0.15) is 60.1 Å². The third kappa shape index (κ3) is 6.59. The normalized spacial score (nSPS) is 16.8. The Hall–Kier alpha value is -1.82. The number of rotatable bonds is 12. The molecule has 1 aliphatic rings. The lowest BCUT2D eigenvalue weighted by atomic mass is 9.96. The Bertz CT molecular complexity index is 845. The molecule has 162 valence electrons. The summed E-state index contributed by atoms with van der Waals surface area (Å²) in [5, 5.41) is 30.7. The van der Waals surface area contributed by atoms with E-state index >= 15 is 0 Å². The summed E-state index contributed by atoms with van der Waals surface area (Å²) in [5.41, 5.74) is 4.38. The van der Waals surface area contributed by atoms with Crippen molar-refractivity contribution in [2.24, 2.45) is 5.41 Å². The Balaban J connectivity index is 1.74. The van der Waals surface area contributed by atoms with Crippen LogP contribution in [0.15, 0.2) is 48.5 Å². The van der Waals surface area contributed by atoms with E-state index in [0.29, 0.717) is 6.42 Å². The monoisotopic (exact) mass is 427 g/mol. The molecule has 0 aliphatic heterocycles. The molecule has 2 aromatic carbocycles. The molecule has 2 unspecified atom stereocenters. The molecule has 4 nitrogen and oxygen atoms in total. The van der Waals surface area contributed by atoms with Crippen molar-refractivity contribution >= 4 is 17.7 Å². The van der Waals surface area contributed by atoms with Crippen LogP contribution < -0.4 is 5.11 Å². The second-order valence-electron chi connectivity index (χ2n) is 8.61. The molecule has 5 heteroatoms. The first-order valence-corrected chi connectivity index (χ1v) is 11.7. The molecule has 30 heavy (non-hydrogen) atoms. The summed E-state index contributed by atoms with van der Waals surface area (Å²) in [5.74, 6) is -0.149. The van der Waals surface area contributed by atoms with Crippen LogP contribution in [0.4, 0.5) is 0 Å². The molecule has 0 aromatic heterocycles. The van der Waals surface area contributed by atoms with Crippen LogP contribution in [-0.2, 0) is 24.2 Å². The van der Waals surface area contributed by atoms with Crippen LogP contribution in [0, 0.1) is 5.41 Å². The van der Waals surface area contributed by atoms with Crippen LogP contribution in [-0.4, -0.2) is 28.0 Å². The predicted octanol–water partition coefficient (Wildman–Crippen LogP) is 3.43. The van der Waals surface area contributed by atoms with Crippen LogP contribution in [0.5, 0.6) is 0 Å². The van der Waals surface area contributed by atoms with Crippen molar-refractivity contribution in [3.8, 4) is 0 Å². The van der Waals surface area contributed by atoms with Crippen molar-refractivity contribution in [1.82, 2.24) is 0 Å². The highest BCUT2D eigenvalue weighted by Crippen LogP contribution is 2.53. The maximum absolute atomic E-state index is 11.1. The molecule has 1 saturated carbocycles. The Morgan fingerprint density at radius 2 is 1.90 bits per heavy atom. The number of carbonyl (C=O) groups is 1. The van der Waals surface area contributed by atoms with Gasteiger partial charge >= 0.3 is 0 Å². The van der Waals surface area contributed by atoms with E-state index in [0.717, 1.165) is 37.0 Å². The zero-order valence-electron chi connectivity index (χ0n) is 17.5. The van der Waals surface area contributed by atoms with Crippen LogP contribution in [0.3, 0.4) is 0 Å². The Kier molecular flexibility index (Phi) is 7.98. The molecular weight excluding hydrogens is 396 g/mol. The Labute approximate surface area is 183 Å². The zero-order chi connectivity index (χ0) is 21.6. The number of carboxylic acids is 1. The number of aliphatic hydroxyl groups excluding tert-OH is 2. The van der Waals surface area contributed by atoms with Gasteiger partial charge in [0.25, 0.3) is 0 Å². The highest BCUT2D eigenvalue weighted by Gasteiger charge is 2.42. The van der Waals surface area contributed by atoms with Gasteiger partial charge in [0.05, 0.1) is 12.7 Å². The highest BCUT2D eigenvalue weighted by atomic mass is 32.2. The van der Waals surface area contributed by atoms with E-state index in [4.69, 9.17) is 0 Å². The van der Waals surface area contributed by atoms with Gasteiger partial charge in [-0.25, -0.2) is 0 Å². The van der Waals surface area contributed by atoms with Gasteiger partial charge in [0.1, 0.15) is 0 Å². The van der Waals surface area contributed by atoms with E-state index < -0.39 is 5.97 Å². The summed E-state index contributed by atoms with van der Waals surface area (Å²) in [6, 6.07) is 16.3. The number of aryl methyl sites for hydroxylation is 1. The minimum Gasteiger partial charge on any atom is -0.550 e. The van der Waals surface area contributed by atoms with Gasteiger partial charge in [0, 0.05) is 11.2 Å². The summed E-state index contributed by atoms with van der Waals surface area (Å²) >= 11 is 1.82. The summed E-state index contributed by atoms with van der Waals surface area (Å²) in [6.45, 7) is 1.82. The lowest BCUT2D eigenvalue weighted by molar-refractivity contribution is -0.307. The van der Waals surface area contributed by atoms with Gasteiger partial charge < -0.3 is 20.1 Å². The number of hydrogen-bond donors (Lipinski definition) is 2. The lowest BCUT2D eigenvalue weighted by Gasteiger charge is -2.23. The third-order valence-corrected chi connectivity index (χ3v) is 7.57. The average molecular weight is 428 g/mol. The van der Waals surface area contributed by atoms with Crippen LogP contribution in [0.25, 0.3) is 0 Å². The number of carboxylic acid groups (broad SMARTS) is 1. The fraction of sp³-hybridized carbons (Fsp3) is 0.480. The predicted molar refractivity (Wildman–Crippen MR) is 119 cm³/mol. The van der Waals surface area contributed by atoms with Gasteiger partial charge in [-0.1, -0.05) is 48.5 Å². The fourth-order valence-electron chi connectivity index (χ4n) is 3.98. The smallest absolute Gasteiger partial charge is 0.0681 e. The Morgan fingerprint density at radius 3 is 2.53 bits per heavy atom. The van der Waals surface area contributed by atoms with E-state index in [1.807, 2.05) is 43.0 Å². The van der Waals surface area contributed by atoms with Gasteiger partial charge in [-0.15, -0.1) is 0 Å². The molecular formula is C25H31O4S-. The summed E-state index contributed by atoms with van der Waals surface area (Å²) in [6.07, 6.45) is 4.11. The number of aliphatic hydroxyl groups is 2. The number of carbonyl (C=O) groups excluding carboxylic acids is 1.